The van der Waals surface area contributed by atoms with Crippen LogP contribution in [0.5, 0.6) is 0 Å². The first-order valence-electron chi connectivity index (χ1n) is 8.97. The quantitative estimate of drug-likeness (QED) is 0.636. The van der Waals surface area contributed by atoms with Crippen LogP contribution in [0, 0.1) is 5.92 Å². The Hall–Kier alpha value is -2.66. The largest absolute Gasteiger partial charge is 0.352 e. The van der Waals surface area contributed by atoms with Gasteiger partial charge in [-0.3, -0.25) is 14.4 Å². The number of carbonyl (C=O) groups is 3. The van der Waals surface area contributed by atoms with Gasteiger partial charge in [0.15, 0.2) is 0 Å². The first-order valence-corrected chi connectivity index (χ1v) is 9.35. The van der Waals surface area contributed by atoms with Crippen LogP contribution in [0.3, 0.4) is 0 Å². The molecule has 3 rings (SSSR count). The number of ketones is 1. The van der Waals surface area contributed by atoms with Gasteiger partial charge in [0.25, 0.3) is 11.8 Å². The summed E-state index contributed by atoms with van der Waals surface area (Å²) in [6.07, 6.45) is 1.70. The van der Waals surface area contributed by atoms with E-state index in [-0.39, 0.29) is 11.8 Å². The molecular formula is C21H21ClN2O3. The molecule has 140 valence electrons. The lowest BCUT2D eigenvalue weighted by Gasteiger charge is -2.32. The Kier molecular flexibility index (Phi) is 6.24. The van der Waals surface area contributed by atoms with Crippen molar-refractivity contribution < 1.29 is 14.4 Å². The number of halogens is 1. The summed E-state index contributed by atoms with van der Waals surface area (Å²) >= 11 is 6.05. The molecule has 0 radical (unpaired) electrons. The Labute approximate surface area is 163 Å². The summed E-state index contributed by atoms with van der Waals surface area (Å²) in [5.41, 5.74) is 0.832. The van der Waals surface area contributed by atoms with E-state index in [1.807, 2.05) is 0 Å². The SMILES string of the molecule is O=C(C(=O)N1CCC[C@H](CNC(=O)c2ccccc2Cl)C1)c1ccccc1. The molecule has 1 saturated heterocycles. The number of likely N-dealkylation sites (tertiary alicyclic amines) is 1. The number of hydrogen-bond acceptors (Lipinski definition) is 3. The molecule has 1 fully saturated rings. The standard InChI is InChI=1S/C21H21ClN2O3/c22-18-11-5-4-10-17(18)20(26)23-13-15-7-6-12-24(14-15)21(27)19(25)16-8-2-1-3-9-16/h1-5,8-11,15H,6-7,12-14H2,(H,23,26)/t15-/m1/s1. The third-order valence-electron chi connectivity index (χ3n) is 4.71. The van der Waals surface area contributed by atoms with E-state index in [1.165, 1.54) is 0 Å². The monoisotopic (exact) mass is 384 g/mol. The lowest BCUT2D eigenvalue weighted by atomic mass is 9.97. The van der Waals surface area contributed by atoms with Crippen molar-refractivity contribution in [3.63, 3.8) is 0 Å². The third-order valence-corrected chi connectivity index (χ3v) is 5.04. The van der Waals surface area contributed by atoms with Crippen molar-refractivity contribution in [2.75, 3.05) is 19.6 Å². The number of nitrogens with one attached hydrogen (secondary N) is 1. The molecule has 1 N–H and O–H groups in total. The second kappa shape index (κ2) is 8.82. The van der Waals surface area contributed by atoms with Gasteiger partial charge in [-0.15, -0.1) is 0 Å². The maximum atomic E-state index is 12.5. The van der Waals surface area contributed by atoms with E-state index >= 15 is 0 Å². The number of rotatable bonds is 5. The van der Waals surface area contributed by atoms with Gasteiger partial charge < -0.3 is 10.2 Å². The van der Waals surface area contributed by atoms with E-state index in [1.54, 1.807) is 59.5 Å². The van der Waals surface area contributed by atoms with Crippen molar-refractivity contribution in [1.82, 2.24) is 10.2 Å². The third kappa shape index (κ3) is 4.74. The molecule has 6 heteroatoms. The van der Waals surface area contributed by atoms with Gasteiger partial charge in [-0.1, -0.05) is 54.1 Å². The first kappa shape index (κ1) is 19.1. The smallest absolute Gasteiger partial charge is 0.294 e. The molecule has 0 aliphatic carbocycles. The summed E-state index contributed by atoms with van der Waals surface area (Å²) in [5.74, 6) is -1.10. The van der Waals surface area contributed by atoms with E-state index in [9.17, 15) is 14.4 Å². The average Bonchev–Trinajstić information content (AvgIpc) is 2.72. The number of hydrogen-bond donors (Lipinski definition) is 1. The molecule has 0 spiro atoms. The summed E-state index contributed by atoms with van der Waals surface area (Å²) in [4.78, 5) is 38.8. The van der Waals surface area contributed by atoms with Crippen LogP contribution in [-0.4, -0.2) is 42.1 Å². The number of benzene rings is 2. The number of piperidine rings is 1. The summed E-state index contributed by atoms with van der Waals surface area (Å²) < 4.78 is 0. The topological polar surface area (TPSA) is 66.5 Å². The van der Waals surface area contributed by atoms with Gasteiger partial charge in [-0.2, -0.15) is 0 Å². The van der Waals surface area contributed by atoms with E-state index in [4.69, 9.17) is 11.6 Å². The molecule has 0 unspecified atom stereocenters. The lowest BCUT2D eigenvalue weighted by molar-refractivity contribution is -0.128. The van der Waals surface area contributed by atoms with E-state index < -0.39 is 11.7 Å². The van der Waals surface area contributed by atoms with Crippen molar-refractivity contribution >= 4 is 29.2 Å². The maximum absolute atomic E-state index is 12.5. The molecule has 0 aromatic heterocycles. The minimum atomic E-state index is -0.489. The minimum absolute atomic E-state index is 0.109. The van der Waals surface area contributed by atoms with Gasteiger partial charge in [-0.25, -0.2) is 0 Å². The van der Waals surface area contributed by atoms with Crippen LogP contribution in [0.2, 0.25) is 5.02 Å². The van der Waals surface area contributed by atoms with Gasteiger partial charge in [0.2, 0.25) is 5.78 Å². The number of Topliss-reactive ketones (excluding diaryl/α,β-unsaturated/α-hetero) is 1. The maximum Gasteiger partial charge on any atom is 0.294 e. The van der Waals surface area contributed by atoms with Crippen molar-refractivity contribution in [3.05, 3.63) is 70.7 Å². The summed E-state index contributed by atoms with van der Waals surface area (Å²) in [6, 6.07) is 15.5. The summed E-state index contributed by atoms with van der Waals surface area (Å²) in [7, 11) is 0. The molecule has 0 bridgehead atoms. The normalized spacial score (nSPS) is 16.6. The van der Waals surface area contributed by atoms with Crippen LogP contribution in [0.15, 0.2) is 54.6 Å². The number of carbonyl (C=O) groups excluding carboxylic acids is 3. The van der Waals surface area contributed by atoms with Crippen LogP contribution < -0.4 is 5.32 Å². The fourth-order valence-corrected chi connectivity index (χ4v) is 3.47. The highest BCUT2D eigenvalue weighted by Crippen LogP contribution is 2.18. The van der Waals surface area contributed by atoms with Crippen LogP contribution >= 0.6 is 11.6 Å². The molecule has 2 aromatic carbocycles. The van der Waals surface area contributed by atoms with Crippen molar-refractivity contribution in [2.24, 2.45) is 5.92 Å². The zero-order chi connectivity index (χ0) is 19.2. The van der Waals surface area contributed by atoms with Crippen molar-refractivity contribution in [1.29, 1.82) is 0 Å². The van der Waals surface area contributed by atoms with Crippen molar-refractivity contribution in [3.8, 4) is 0 Å². The average molecular weight is 385 g/mol. The van der Waals surface area contributed by atoms with E-state index in [0.717, 1.165) is 12.8 Å². The van der Waals surface area contributed by atoms with Crippen molar-refractivity contribution in [2.45, 2.75) is 12.8 Å². The second-order valence-corrected chi connectivity index (χ2v) is 7.05. The molecule has 2 aromatic rings. The Bertz CT molecular complexity index is 838. The molecule has 5 nitrogen and oxygen atoms in total. The van der Waals surface area contributed by atoms with Gasteiger partial charge in [0.1, 0.15) is 0 Å². The van der Waals surface area contributed by atoms with E-state index in [2.05, 4.69) is 5.32 Å². The van der Waals surface area contributed by atoms with Gasteiger partial charge in [-0.05, 0) is 30.9 Å². The Balaban J connectivity index is 1.56. The predicted octanol–water partition coefficient (Wildman–Crippen LogP) is 3.19. The van der Waals surface area contributed by atoms with Crippen LogP contribution in [-0.2, 0) is 4.79 Å². The molecule has 0 saturated carbocycles. The van der Waals surface area contributed by atoms with Crippen LogP contribution in [0.25, 0.3) is 0 Å². The second-order valence-electron chi connectivity index (χ2n) is 6.64. The molecule has 2 amide bonds. The van der Waals surface area contributed by atoms with Crippen LogP contribution in [0.4, 0.5) is 0 Å². The first-order chi connectivity index (χ1) is 13.1. The highest BCUT2D eigenvalue weighted by atomic mass is 35.5. The molecule has 1 aliphatic rings. The number of nitrogens with zero attached hydrogens (tertiary/aromatic N) is 1. The predicted molar refractivity (Wildman–Crippen MR) is 104 cm³/mol. The lowest BCUT2D eigenvalue weighted by Crippen LogP contribution is -2.46. The molecular weight excluding hydrogens is 364 g/mol. The molecule has 1 heterocycles. The number of amides is 2. The molecule has 27 heavy (non-hydrogen) atoms. The zero-order valence-electron chi connectivity index (χ0n) is 14.9. The fraction of sp³-hybridized carbons (Fsp3) is 0.286. The summed E-state index contributed by atoms with van der Waals surface area (Å²) in [5, 5.41) is 3.29. The zero-order valence-corrected chi connectivity index (χ0v) is 15.6. The van der Waals surface area contributed by atoms with E-state index in [0.29, 0.717) is 35.8 Å². The van der Waals surface area contributed by atoms with Gasteiger partial charge in [0.05, 0.1) is 10.6 Å². The Morgan fingerprint density at radius 3 is 2.48 bits per heavy atom. The minimum Gasteiger partial charge on any atom is -0.352 e. The van der Waals surface area contributed by atoms with Gasteiger partial charge >= 0.3 is 0 Å². The Morgan fingerprint density at radius 1 is 1.04 bits per heavy atom. The summed E-state index contributed by atoms with van der Waals surface area (Å²) in [6.45, 7) is 1.46. The fourth-order valence-electron chi connectivity index (χ4n) is 3.25. The highest BCUT2D eigenvalue weighted by Gasteiger charge is 2.28. The molecule has 1 atom stereocenters. The Morgan fingerprint density at radius 2 is 1.74 bits per heavy atom. The molecule has 1 aliphatic heterocycles. The van der Waals surface area contributed by atoms with Gasteiger partial charge in [0, 0.05) is 25.2 Å². The highest BCUT2D eigenvalue weighted by molar-refractivity contribution is 6.42. The van der Waals surface area contributed by atoms with Crippen LogP contribution in [0.1, 0.15) is 33.6 Å².